The molecule has 1 fully saturated rings. The molecule has 0 spiro atoms. The molecule has 0 N–H and O–H groups in total. The lowest BCUT2D eigenvalue weighted by Crippen LogP contribution is -2.41. The number of rotatable bonds is 2. The van der Waals surface area contributed by atoms with Crippen LogP contribution in [0.25, 0.3) is 10.4 Å². The second-order valence-corrected chi connectivity index (χ2v) is 3.53. The molecule has 0 aliphatic carbocycles. The van der Waals surface area contributed by atoms with Gasteiger partial charge in [0.2, 0.25) is 5.95 Å². The highest BCUT2D eigenvalue weighted by atomic mass is 16.5. The van der Waals surface area contributed by atoms with Crippen molar-refractivity contribution in [3.63, 3.8) is 0 Å². The predicted octanol–water partition coefficient (Wildman–Crippen LogP) is 1.64. The second-order valence-electron chi connectivity index (χ2n) is 3.53. The van der Waals surface area contributed by atoms with Crippen LogP contribution < -0.4 is 4.90 Å². The highest BCUT2D eigenvalue weighted by Gasteiger charge is 2.18. The molecular weight excluding hydrogens is 208 g/mol. The zero-order valence-electron chi connectivity index (χ0n) is 8.94. The summed E-state index contributed by atoms with van der Waals surface area (Å²) >= 11 is 0. The van der Waals surface area contributed by atoms with Crippen LogP contribution in [0.4, 0.5) is 11.8 Å². The molecule has 1 aromatic heterocycles. The van der Waals surface area contributed by atoms with Gasteiger partial charge in [-0.2, -0.15) is 0 Å². The fraction of sp³-hybridized carbons (Fsp3) is 0.556. The lowest BCUT2D eigenvalue weighted by molar-refractivity contribution is 0.0526. The van der Waals surface area contributed by atoms with Crippen LogP contribution in [-0.4, -0.2) is 35.8 Å². The van der Waals surface area contributed by atoms with E-state index in [0.717, 1.165) is 13.1 Å². The Morgan fingerprint density at radius 2 is 2.56 bits per heavy atom. The summed E-state index contributed by atoms with van der Waals surface area (Å²) in [5.41, 5.74) is 8.33. The Morgan fingerprint density at radius 1 is 1.69 bits per heavy atom. The molecule has 0 bridgehead atoms. The maximum Gasteiger partial charge on any atom is 0.225 e. The van der Waals surface area contributed by atoms with E-state index in [0.29, 0.717) is 18.4 Å². The largest absolute Gasteiger partial charge is 0.375 e. The Labute approximate surface area is 92.7 Å². The molecule has 1 saturated heterocycles. The predicted molar refractivity (Wildman–Crippen MR) is 58.5 cm³/mol. The number of ether oxygens (including phenoxy) is 1. The van der Waals surface area contributed by atoms with Gasteiger partial charge in [0.25, 0.3) is 0 Å². The molecule has 1 atom stereocenters. The van der Waals surface area contributed by atoms with Gasteiger partial charge in [0.1, 0.15) is 5.82 Å². The van der Waals surface area contributed by atoms with Crippen molar-refractivity contribution in [3.8, 4) is 0 Å². The molecule has 2 rings (SSSR count). The molecule has 7 nitrogen and oxygen atoms in total. The fourth-order valence-corrected chi connectivity index (χ4v) is 1.59. The summed E-state index contributed by atoms with van der Waals surface area (Å²) < 4.78 is 5.43. The first-order valence-electron chi connectivity index (χ1n) is 5.04. The third kappa shape index (κ3) is 2.39. The quantitative estimate of drug-likeness (QED) is 0.430. The number of hydrogen-bond donors (Lipinski definition) is 0. The molecule has 0 radical (unpaired) electrons. The topological polar surface area (TPSA) is 87.0 Å². The van der Waals surface area contributed by atoms with E-state index in [1.165, 1.54) is 0 Å². The molecule has 0 saturated carbocycles. The van der Waals surface area contributed by atoms with Crippen LogP contribution in [0.1, 0.15) is 6.92 Å². The van der Waals surface area contributed by atoms with E-state index < -0.39 is 0 Å². The van der Waals surface area contributed by atoms with Gasteiger partial charge in [-0.15, -0.1) is 0 Å². The van der Waals surface area contributed by atoms with E-state index >= 15 is 0 Å². The SMILES string of the molecule is C[C@@H]1CN(c2nccc(N=[N+]=[N-])n2)CCO1. The van der Waals surface area contributed by atoms with Crippen LogP contribution >= 0.6 is 0 Å². The minimum Gasteiger partial charge on any atom is -0.375 e. The number of hydrogen-bond acceptors (Lipinski definition) is 5. The Hall–Kier alpha value is -1.85. The molecule has 1 aliphatic heterocycles. The summed E-state index contributed by atoms with van der Waals surface area (Å²) in [6.07, 6.45) is 1.76. The van der Waals surface area contributed by atoms with Gasteiger partial charge in [0, 0.05) is 24.2 Å². The number of nitrogens with zero attached hydrogens (tertiary/aromatic N) is 6. The van der Waals surface area contributed by atoms with Crippen molar-refractivity contribution in [1.29, 1.82) is 0 Å². The Bertz CT molecular complexity index is 416. The second kappa shape index (κ2) is 4.78. The minimum absolute atomic E-state index is 0.167. The van der Waals surface area contributed by atoms with Gasteiger partial charge in [-0.3, -0.25) is 0 Å². The first-order chi connectivity index (χ1) is 7.79. The summed E-state index contributed by atoms with van der Waals surface area (Å²) in [7, 11) is 0. The van der Waals surface area contributed by atoms with Gasteiger partial charge in [0.05, 0.1) is 12.7 Å². The first-order valence-corrected chi connectivity index (χ1v) is 5.04. The van der Waals surface area contributed by atoms with Crippen molar-refractivity contribution in [2.45, 2.75) is 13.0 Å². The van der Waals surface area contributed by atoms with Gasteiger partial charge in [-0.05, 0) is 23.6 Å². The average molecular weight is 220 g/mol. The Balaban J connectivity index is 2.19. The molecule has 1 aromatic rings. The van der Waals surface area contributed by atoms with Gasteiger partial charge >= 0.3 is 0 Å². The lowest BCUT2D eigenvalue weighted by Gasteiger charge is -2.31. The molecule has 7 heteroatoms. The summed E-state index contributed by atoms with van der Waals surface area (Å²) in [5.74, 6) is 0.923. The monoisotopic (exact) mass is 220 g/mol. The Morgan fingerprint density at radius 3 is 3.31 bits per heavy atom. The maximum atomic E-state index is 8.33. The van der Waals surface area contributed by atoms with Crippen molar-refractivity contribution >= 4 is 11.8 Å². The number of anilines is 1. The molecular formula is C9H12N6O. The molecule has 1 aliphatic rings. The third-order valence-electron chi connectivity index (χ3n) is 2.30. The lowest BCUT2D eigenvalue weighted by atomic mass is 10.3. The normalized spacial score (nSPS) is 20.3. The smallest absolute Gasteiger partial charge is 0.225 e. The van der Waals surface area contributed by atoms with Gasteiger partial charge < -0.3 is 9.64 Å². The van der Waals surface area contributed by atoms with E-state index in [-0.39, 0.29) is 6.10 Å². The summed E-state index contributed by atoms with van der Waals surface area (Å²) in [4.78, 5) is 13.0. The molecule has 16 heavy (non-hydrogen) atoms. The summed E-state index contributed by atoms with van der Waals surface area (Å²) in [6.45, 7) is 4.17. The van der Waals surface area contributed by atoms with Crippen LogP contribution in [0.3, 0.4) is 0 Å². The Kier molecular flexibility index (Phi) is 3.19. The molecule has 0 aromatic carbocycles. The van der Waals surface area contributed by atoms with E-state index in [2.05, 4.69) is 20.0 Å². The van der Waals surface area contributed by atoms with Crippen LogP contribution in [0, 0.1) is 0 Å². The van der Waals surface area contributed by atoms with Crippen molar-refractivity contribution in [2.24, 2.45) is 5.11 Å². The van der Waals surface area contributed by atoms with Crippen molar-refractivity contribution in [2.75, 3.05) is 24.6 Å². The zero-order chi connectivity index (χ0) is 11.4. The van der Waals surface area contributed by atoms with E-state index in [1.807, 2.05) is 11.8 Å². The van der Waals surface area contributed by atoms with E-state index in [4.69, 9.17) is 10.3 Å². The number of aromatic nitrogens is 2. The average Bonchev–Trinajstić information content (AvgIpc) is 2.30. The standard InChI is InChI=1S/C9H12N6O/c1-7-6-15(4-5-16-7)9-11-3-2-8(12-9)13-14-10/h2-3,7H,4-6H2,1H3/t7-/m1/s1. The fourth-order valence-electron chi connectivity index (χ4n) is 1.59. The summed E-state index contributed by atoms with van der Waals surface area (Å²) in [6, 6.07) is 1.58. The first kappa shape index (κ1) is 10.7. The van der Waals surface area contributed by atoms with Crippen molar-refractivity contribution in [3.05, 3.63) is 22.7 Å². The van der Waals surface area contributed by atoms with Crippen molar-refractivity contribution in [1.82, 2.24) is 9.97 Å². The zero-order valence-corrected chi connectivity index (χ0v) is 8.94. The van der Waals surface area contributed by atoms with Crippen LogP contribution in [0.2, 0.25) is 0 Å². The van der Waals surface area contributed by atoms with Crippen LogP contribution in [-0.2, 0) is 4.74 Å². The van der Waals surface area contributed by atoms with Crippen LogP contribution in [0.15, 0.2) is 17.4 Å². The van der Waals surface area contributed by atoms with E-state index in [9.17, 15) is 0 Å². The summed E-state index contributed by atoms with van der Waals surface area (Å²) in [5, 5.41) is 3.45. The minimum atomic E-state index is 0.167. The number of azide groups is 1. The molecule has 2 heterocycles. The van der Waals surface area contributed by atoms with Crippen molar-refractivity contribution < 1.29 is 4.74 Å². The van der Waals surface area contributed by atoms with Gasteiger partial charge in [0.15, 0.2) is 0 Å². The van der Waals surface area contributed by atoms with Crippen LogP contribution in [0.5, 0.6) is 0 Å². The highest BCUT2D eigenvalue weighted by molar-refractivity contribution is 5.37. The molecule has 0 amide bonds. The number of morpholine rings is 1. The van der Waals surface area contributed by atoms with Gasteiger partial charge in [-0.25, -0.2) is 9.97 Å². The molecule has 84 valence electrons. The molecule has 0 unspecified atom stereocenters. The maximum absolute atomic E-state index is 8.33. The third-order valence-corrected chi connectivity index (χ3v) is 2.30. The highest BCUT2D eigenvalue weighted by Crippen LogP contribution is 2.16. The van der Waals surface area contributed by atoms with E-state index in [1.54, 1.807) is 12.3 Å². The van der Waals surface area contributed by atoms with Gasteiger partial charge in [-0.1, -0.05) is 0 Å².